The number of carbonyl (C=O) groups is 1. The quantitative estimate of drug-likeness (QED) is 0.749. The summed E-state index contributed by atoms with van der Waals surface area (Å²) in [5, 5.41) is 3.15. The average molecular weight is 211 g/mol. The van der Waals surface area contributed by atoms with Crippen LogP contribution in [0.2, 0.25) is 5.02 Å². The molecule has 0 aliphatic rings. The van der Waals surface area contributed by atoms with E-state index in [4.69, 9.17) is 17.3 Å². The minimum atomic E-state index is -0.262. The summed E-state index contributed by atoms with van der Waals surface area (Å²) in [5.74, 6) is -0.262. The molecule has 1 rings (SSSR count). The first kappa shape index (κ1) is 10.8. The molecule has 4 heteroatoms. The number of benzene rings is 1. The molecule has 74 valence electrons. The highest BCUT2D eigenvalue weighted by atomic mass is 35.5. The smallest absolute Gasteiger partial charge is 0.247 e. The Hall–Kier alpha value is -1.32. The Balaban J connectivity index is 2.86. The largest absolute Gasteiger partial charge is 0.326 e. The number of amides is 1. The molecule has 0 radical (unpaired) electrons. The number of nitrogens with two attached hydrogens (primary N) is 1. The summed E-state index contributed by atoms with van der Waals surface area (Å²) in [4.78, 5) is 11.0. The molecule has 3 nitrogen and oxygen atoms in total. The fourth-order valence-electron chi connectivity index (χ4n) is 0.984. The predicted octanol–water partition coefficient (Wildman–Crippen LogP) is 1.92. The standard InChI is InChI=1S/C10H11ClN2O/c1-2-10(14)13-8-4-3-7(6-12)9(11)5-8/h2-5H,1,6,12H2,(H,13,14). The SMILES string of the molecule is C=CC(=O)Nc1ccc(CN)c(Cl)c1. The molecule has 0 aliphatic heterocycles. The Morgan fingerprint density at radius 1 is 1.64 bits per heavy atom. The van der Waals surface area contributed by atoms with E-state index in [0.29, 0.717) is 17.3 Å². The van der Waals surface area contributed by atoms with Crippen molar-refractivity contribution in [2.45, 2.75) is 6.54 Å². The zero-order valence-corrected chi connectivity index (χ0v) is 8.34. The monoisotopic (exact) mass is 210 g/mol. The van der Waals surface area contributed by atoms with E-state index in [1.807, 2.05) is 0 Å². The van der Waals surface area contributed by atoms with Gasteiger partial charge in [-0.15, -0.1) is 0 Å². The minimum Gasteiger partial charge on any atom is -0.326 e. The predicted molar refractivity (Wildman–Crippen MR) is 58.2 cm³/mol. The summed E-state index contributed by atoms with van der Waals surface area (Å²) < 4.78 is 0. The van der Waals surface area contributed by atoms with Gasteiger partial charge < -0.3 is 11.1 Å². The zero-order valence-electron chi connectivity index (χ0n) is 7.59. The molecule has 0 fully saturated rings. The van der Waals surface area contributed by atoms with Gasteiger partial charge in [-0.1, -0.05) is 24.2 Å². The van der Waals surface area contributed by atoms with Crippen molar-refractivity contribution >= 4 is 23.2 Å². The third-order valence-electron chi connectivity index (χ3n) is 1.73. The van der Waals surface area contributed by atoms with Crippen molar-refractivity contribution in [3.05, 3.63) is 41.4 Å². The normalized spacial score (nSPS) is 9.57. The summed E-state index contributed by atoms with van der Waals surface area (Å²) in [7, 11) is 0. The third-order valence-corrected chi connectivity index (χ3v) is 2.08. The molecule has 0 aromatic heterocycles. The molecule has 0 atom stereocenters. The lowest BCUT2D eigenvalue weighted by Crippen LogP contribution is -2.07. The molecule has 1 amide bonds. The van der Waals surface area contributed by atoms with Gasteiger partial charge in [0.25, 0.3) is 0 Å². The molecule has 14 heavy (non-hydrogen) atoms. The van der Waals surface area contributed by atoms with E-state index in [9.17, 15) is 4.79 Å². The van der Waals surface area contributed by atoms with Crippen molar-refractivity contribution < 1.29 is 4.79 Å². The lowest BCUT2D eigenvalue weighted by atomic mass is 10.2. The number of anilines is 1. The first-order valence-electron chi connectivity index (χ1n) is 4.09. The number of halogens is 1. The molecule has 0 bridgehead atoms. The minimum absolute atomic E-state index is 0.262. The van der Waals surface area contributed by atoms with Crippen LogP contribution in [0, 0.1) is 0 Å². The Bertz CT molecular complexity index is 363. The summed E-state index contributed by atoms with van der Waals surface area (Å²) in [6.07, 6.45) is 1.20. The van der Waals surface area contributed by atoms with Crippen molar-refractivity contribution in [3.8, 4) is 0 Å². The lowest BCUT2D eigenvalue weighted by Gasteiger charge is -2.05. The molecule has 0 heterocycles. The van der Waals surface area contributed by atoms with Gasteiger partial charge in [0.2, 0.25) is 5.91 Å². The summed E-state index contributed by atoms with van der Waals surface area (Å²) in [5.41, 5.74) is 6.93. The topological polar surface area (TPSA) is 55.1 Å². The summed E-state index contributed by atoms with van der Waals surface area (Å²) in [6, 6.07) is 5.18. The maximum Gasteiger partial charge on any atom is 0.247 e. The van der Waals surface area contributed by atoms with Crippen LogP contribution in [0.4, 0.5) is 5.69 Å². The van der Waals surface area contributed by atoms with Gasteiger partial charge in [-0.25, -0.2) is 0 Å². The Morgan fingerprint density at radius 3 is 2.86 bits per heavy atom. The fourth-order valence-corrected chi connectivity index (χ4v) is 1.24. The van der Waals surface area contributed by atoms with Gasteiger partial charge in [0.1, 0.15) is 0 Å². The van der Waals surface area contributed by atoms with E-state index in [2.05, 4.69) is 11.9 Å². The van der Waals surface area contributed by atoms with Crippen LogP contribution in [0.15, 0.2) is 30.9 Å². The van der Waals surface area contributed by atoms with Gasteiger partial charge in [0.15, 0.2) is 0 Å². The van der Waals surface area contributed by atoms with Crippen molar-refractivity contribution in [2.75, 3.05) is 5.32 Å². The summed E-state index contributed by atoms with van der Waals surface area (Å²) in [6.45, 7) is 3.73. The second-order valence-electron chi connectivity index (χ2n) is 2.70. The highest BCUT2D eigenvalue weighted by molar-refractivity contribution is 6.31. The number of nitrogens with one attached hydrogen (secondary N) is 1. The van der Waals surface area contributed by atoms with E-state index >= 15 is 0 Å². The highest BCUT2D eigenvalue weighted by Crippen LogP contribution is 2.20. The van der Waals surface area contributed by atoms with Crippen LogP contribution in [0.3, 0.4) is 0 Å². The maximum absolute atomic E-state index is 11.0. The van der Waals surface area contributed by atoms with Crippen LogP contribution in [-0.4, -0.2) is 5.91 Å². The molecule has 0 aliphatic carbocycles. The fraction of sp³-hybridized carbons (Fsp3) is 0.100. The number of rotatable bonds is 3. The second-order valence-corrected chi connectivity index (χ2v) is 3.11. The molecular weight excluding hydrogens is 200 g/mol. The molecule has 3 N–H and O–H groups in total. The van der Waals surface area contributed by atoms with Crippen molar-refractivity contribution in [1.82, 2.24) is 0 Å². The van der Waals surface area contributed by atoms with Crippen molar-refractivity contribution in [1.29, 1.82) is 0 Å². The lowest BCUT2D eigenvalue weighted by molar-refractivity contribution is -0.111. The van der Waals surface area contributed by atoms with Gasteiger partial charge >= 0.3 is 0 Å². The zero-order chi connectivity index (χ0) is 10.6. The van der Waals surface area contributed by atoms with Crippen LogP contribution in [0.5, 0.6) is 0 Å². The molecule has 1 aromatic rings. The van der Waals surface area contributed by atoms with Crippen molar-refractivity contribution in [2.24, 2.45) is 5.73 Å². The van der Waals surface area contributed by atoms with Gasteiger partial charge in [0, 0.05) is 17.3 Å². The number of hydrogen-bond donors (Lipinski definition) is 2. The van der Waals surface area contributed by atoms with E-state index in [1.54, 1.807) is 18.2 Å². The summed E-state index contributed by atoms with van der Waals surface area (Å²) >= 11 is 5.90. The molecular formula is C10H11ClN2O. The average Bonchev–Trinajstić information content (AvgIpc) is 2.18. The van der Waals surface area contributed by atoms with Crippen LogP contribution in [0.25, 0.3) is 0 Å². The first-order chi connectivity index (χ1) is 6.67. The van der Waals surface area contributed by atoms with Crippen LogP contribution >= 0.6 is 11.6 Å². The number of carbonyl (C=O) groups excluding carboxylic acids is 1. The molecule has 0 unspecified atom stereocenters. The van der Waals surface area contributed by atoms with E-state index < -0.39 is 0 Å². The first-order valence-corrected chi connectivity index (χ1v) is 4.47. The molecule has 0 saturated carbocycles. The van der Waals surface area contributed by atoms with E-state index in [-0.39, 0.29) is 5.91 Å². The third kappa shape index (κ3) is 2.58. The van der Waals surface area contributed by atoms with Gasteiger partial charge in [0.05, 0.1) is 0 Å². The molecule has 1 aromatic carbocycles. The van der Waals surface area contributed by atoms with Crippen LogP contribution < -0.4 is 11.1 Å². The van der Waals surface area contributed by atoms with E-state index in [0.717, 1.165) is 5.56 Å². The Kier molecular flexibility index (Phi) is 3.68. The Labute approximate surface area is 87.6 Å². The highest BCUT2D eigenvalue weighted by Gasteiger charge is 2.01. The van der Waals surface area contributed by atoms with Crippen molar-refractivity contribution in [3.63, 3.8) is 0 Å². The van der Waals surface area contributed by atoms with Gasteiger partial charge in [-0.3, -0.25) is 4.79 Å². The number of hydrogen-bond acceptors (Lipinski definition) is 2. The van der Waals surface area contributed by atoms with Crippen LogP contribution in [0.1, 0.15) is 5.56 Å². The van der Waals surface area contributed by atoms with E-state index in [1.165, 1.54) is 6.08 Å². The van der Waals surface area contributed by atoms with Gasteiger partial charge in [-0.2, -0.15) is 0 Å². The van der Waals surface area contributed by atoms with Gasteiger partial charge in [-0.05, 0) is 23.8 Å². The molecule has 0 saturated heterocycles. The molecule has 0 spiro atoms. The maximum atomic E-state index is 11.0. The van der Waals surface area contributed by atoms with Crippen LogP contribution in [-0.2, 0) is 11.3 Å². The second kappa shape index (κ2) is 4.79. The Morgan fingerprint density at radius 2 is 2.36 bits per heavy atom.